The second kappa shape index (κ2) is 6.40. The van der Waals surface area contributed by atoms with E-state index in [2.05, 4.69) is 15.5 Å². The number of pyridine rings is 1. The van der Waals surface area contributed by atoms with Crippen LogP contribution in [0.25, 0.3) is 33.6 Å². The average Bonchev–Trinajstić information content (AvgIpc) is 3.11. The largest absolute Gasteiger partial charge is 0.355 e. The summed E-state index contributed by atoms with van der Waals surface area (Å²) in [6, 6.07) is 17.3. The predicted molar refractivity (Wildman–Crippen MR) is 96.0 cm³/mol. The van der Waals surface area contributed by atoms with Gasteiger partial charge in [-0.3, -0.25) is 4.79 Å². The van der Waals surface area contributed by atoms with Crippen molar-refractivity contribution in [3.63, 3.8) is 0 Å². The standard InChI is InChI=1S/C20H14FN3O2/c1-22-19(25)14-11-16(12-7-3-2-4-8-12)23-20-17(14)18(24-26-20)13-9-5-6-10-15(13)21/h2-11H,1H3,(H,22,25). The van der Waals surface area contributed by atoms with Crippen molar-refractivity contribution in [2.75, 3.05) is 7.05 Å². The fraction of sp³-hybridized carbons (Fsp3) is 0.0500. The van der Waals surface area contributed by atoms with Crippen LogP contribution >= 0.6 is 0 Å². The highest BCUT2D eigenvalue weighted by Gasteiger charge is 2.22. The van der Waals surface area contributed by atoms with Crippen LogP contribution in [-0.2, 0) is 0 Å². The number of rotatable bonds is 3. The van der Waals surface area contributed by atoms with Gasteiger partial charge in [0.15, 0.2) is 0 Å². The SMILES string of the molecule is CNC(=O)c1cc(-c2ccccc2)nc2onc(-c3ccccc3F)c12. The van der Waals surface area contributed by atoms with Gasteiger partial charge in [0.1, 0.15) is 11.5 Å². The molecule has 6 heteroatoms. The van der Waals surface area contributed by atoms with Crippen molar-refractivity contribution in [1.82, 2.24) is 15.5 Å². The molecule has 0 aliphatic rings. The molecule has 1 amide bonds. The third-order valence-corrected chi connectivity index (χ3v) is 4.12. The molecule has 4 rings (SSSR count). The molecule has 0 aliphatic heterocycles. The predicted octanol–water partition coefficient (Wildman–Crippen LogP) is 4.06. The lowest BCUT2D eigenvalue weighted by atomic mass is 10.0. The Hall–Kier alpha value is -3.54. The highest BCUT2D eigenvalue weighted by Crippen LogP contribution is 2.33. The van der Waals surface area contributed by atoms with Gasteiger partial charge in [0.05, 0.1) is 16.6 Å². The maximum Gasteiger partial charge on any atom is 0.259 e. The number of carbonyl (C=O) groups excluding carboxylic acids is 1. The third kappa shape index (κ3) is 2.61. The van der Waals surface area contributed by atoms with Crippen LogP contribution in [0.3, 0.4) is 0 Å². The summed E-state index contributed by atoms with van der Waals surface area (Å²) in [5.74, 6) is -0.770. The monoisotopic (exact) mass is 347 g/mol. The zero-order valence-corrected chi connectivity index (χ0v) is 13.9. The number of benzene rings is 2. The minimum Gasteiger partial charge on any atom is -0.355 e. The Morgan fingerprint density at radius 1 is 1.08 bits per heavy atom. The third-order valence-electron chi connectivity index (χ3n) is 4.12. The summed E-state index contributed by atoms with van der Waals surface area (Å²) in [6.07, 6.45) is 0. The lowest BCUT2D eigenvalue weighted by Gasteiger charge is -2.07. The van der Waals surface area contributed by atoms with Gasteiger partial charge in [0.2, 0.25) is 0 Å². The second-order valence-electron chi connectivity index (χ2n) is 5.69. The van der Waals surface area contributed by atoms with E-state index in [4.69, 9.17) is 4.52 Å². The van der Waals surface area contributed by atoms with E-state index >= 15 is 0 Å². The van der Waals surface area contributed by atoms with E-state index in [1.165, 1.54) is 13.1 Å². The molecule has 4 aromatic rings. The number of nitrogens with zero attached hydrogens (tertiary/aromatic N) is 2. The first-order valence-corrected chi connectivity index (χ1v) is 8.02. The van der Waals surface area contributed by atoms with Gasteiger partial charge in [0, 0.05) is 18.2 Å². The minimum atomic E-state index is -0.447. The molecular weight excluding hydrogens is 333 g/mol. The van der Waals surface area contributed by atoms with E-state index in [1.54, 1.807) is 24.3 Å². The Kier molecular flexibility index (Phi) is 3.93. The summed E-state index contributed by atoms with van der Waals surface area (Å²) in [5.41, 5.74) is 2.44. The molecule has 2 heterocycles. The number of nitrogens with one attached hydrogen (secondary N) is 1. The van der Waals surface area contributed by atoms with Gasteiger partial charge in [0.25, 0.3) is 11.6 Å². The lowest BCUT2D eigenvalue weighted by molar-refractivity contribution is 0.0964. The maximum absolute atomic E-state index is 14.2. The van der Waals surface area contributed by atoms with Gasteiger partial charge in [-0.25, -0.2) is 9.37 Å². The topological polar surface area (TPSA) is 68.0 Å². The van der Waals surface area contributed by atoms with E-state index in [9.17, 15) is 9.18 Å². The van der Waals surface area contributed by atoms with Crippen molar-refractivity contribution in [1.29, 1.82) is 0 Å². The summed E-state index contributed by atoms with van der Waals surface area (Å²) < 4.78 is 19.6. The van der Waals surface area contributed by atoms with Crippen molar-refractivity contribution in [3.8, 4) is 22.5 Å². The first-order chi connectivity index (χ1) is 12.7. The van der Waals surface area contributed by atoms with Crippen LogP contribution in [0.15, 0.2) is 65.2 Å². The number of fused-ring (bicyclic) bond motifs is 1. The van der Waals surface area contributed by atoms with Gasteiger partial charge >= 0.3 is 0 Å². The lowest BCUT2D eigenvalue weighted by Crippen LogP contribution is -2.18. The molecule has 128 valence electrons. The Bertz CT molecular complexity index is 1110. The van der Waals surface area contributed by atoms with E-state index in [1.807, 2.05) is 30.3 Å². The van der Waals surface area contributed by atoms with Crippen LogP contribution in [0, 0.1) is 5.82 Å². The number of hydrogen-bond acceptors (Lipinski definition) is 4. The fourth-order valence-electron chi connectivity index (χ4n) is 2.86. The quantitative estimate of drug-likeness (QED) is 0.607. The summed E-state index contributed by atoms with van der Waals surface area (Å²) in [5, 5.41) is 6.97. The molecule has 1 N–H and O–H groups in total. The number of aromatic nitrogens is 2. The van der Waals surface area contributed by atoms with Gasteiger partial charge in [-0.1, -0.05) is 47.6 Å². The molecule has 2 aromatic carbocycles. The van der Waals surface area contributed by atoms with Crippen LogP contribution in [0.5, 0.6) is 0 Å². The van der Waals surface area contributed by atoms with Crippen molar-refractivity contribution >= 4 is 17.0 Å². The molecule has 0 atom stereocenters. The average molecular weight is 347 g/mol. The van der Waals surface area contributed by atoms with Crippen molar-refractivity contribution < 1.29 is 13.7 Å². The molecular formula is C20H14FN3O2. The Morgan fingerprint density at radius 3 is 2.54 bits per heavy atom. The summed E-state index contributed by atoms with van der Waals surface area (Å²) in [6.45, 7) is 0. The van der Waals surface area contributed by atoms with Crippen LogP contribution < -0.4 is 5.32 Å². The Morgan fingerprint density at radius 2 is 1.81 bits per heavy atom. The normalized spacial score (nSPS) is 10.8. The van der Waals surface area contributed by atoms with Crippen LogP contribution in [0.1, 0.15) is 10.4 Å². The first-order valence-electron chi connectivity index (χ1n) is 8.02. The zero-order valence-electron chi connectivity index (χ0n) is 13.9. The van der Waals surface area contributed by atoms with Crippen molar-refractivity contribution in [2.45, 2.75) is 0 Å². The Balaban J connectivity index is 2.01. The van der Waals surface area contributed by atoms with Crippen LogP contribution in [-0.4, -0.2) is 23.1 Å². The maximum atomic E-state index is 14.2. The first kappa shape index (κ1) is 16.0. The number of halogens is 1. The molecule has 0 saturated heterocycles. The Labute approximate surface area is 148 Å². The molecule has 26 heavy (non-hydrogen) atoms. The molecule has 0 spiro atoms. The molecule has 0 bridgehead atoms. The molecule has 0 aliphatic carbocycles. The van der Waals surface area contributed by atoms with Crippen molar-refractivity contribution in [2.24, 2.45) is 0 Å². The van der Waals surface area contributed by atoms with Gasteiger partial charge in [-0.05, 0) is 18.2 Å². The van der Waals surface area contributed by atoms with E-state index in [0.29, 0.717) is 16.6 Å². The summed E-state index contributed by atoms with van der Waals surface area (Å²) in [4.78, 5) is 16.9. The number of carbonyl (C=O) groups is 1. The zero-order chi connectivity index (χ0) is 18.1. The molecule has 0 unspecified atom stereocenters. The molecule has 0 fully saturated rings. The number of amides is 1. The van der Waals surface area contributed by atoms with Crippen molar-refractivity contribution in [3.05, 3.63) is 72.0 Å². The van der Waals surface area contributed by atoms with Gasteiger partial charge in [-0.2, -0.15) is 0 Å². The van der Waals surface area contributed by atoms with Crippen LogP contribution in [0.4, 0.5) is 4.39 Å². The van der Waals surface area contributed by atoms with Gasteiger partial charge in [-0.15, -0.1) is 0 Å². The number of hydrogen-bond donors (Lipinski definition) is 1. The second-order valence-corrected chi connectivity index (χ2v) is 5.69. The fourth-order valence-corrected chi connectivity index (χ4v) is 2.86. The van der Waals surface area contributed by atoms with E-state index in [0.717, 1.165) is 5.56 Å². The summed E-state index contributed by atoms with van der Waals surface area (Å²) >= 11 is 0. The molecule has 0 radical (unpaired) electrons. The minimum absolute atomic E-state index is 0.184. The van der Waals surface area contributed by atoms with E-state index < -0.39 is 5.82 Å². The van der Waals surface area contributed by atoms with Crippen LogP contribution in [0.2, 0.25) is 0 Å². The highest BCUT2D eigenvalue weighted by molar-refractivity contribution is 6.10. The van der Waals surface area contributed by atoms with Gasteiger partial charge < -0.3 is 9.84 Å². The molecule has 5 nitrogen and oxygen atoms in total. The smallest absolute Gasteiger partial charge is 0.259 e. The highest BCUT2D eigenvalue weighted by atomic mass is 19.1. The molecule has 2 aromatic heterocycles. The molecule has 0 saturated carbocycles. The van der Waals surface area contributed by atoms with E-state index in [-0.39, 0.29) is 22.9 Å². The summed E-state index contributed by atoms with van der Waals surface area (Å²) in [7, 11) is 1.53.